The predicted molar refractivity (Wildman–Crippen MR) is 38.6 cm³/mol. The van der Waals surface area contributed by atoms with Crippen LogP contribution in [-0.4, -0.2) is 11.7 Å². The first kappa shape index (κ1) is 4.86. The number of aliphatic hydroxyl groups excluding tert-OH is 1. The summed E-state index contributed by atoms with van der Waals surface area (Å²) in [6.45, 7) is 0.531. The Morgan fingerprint density at radius 2 is 1.82 bits per heavy atom. The van der Waals surface area contributed by atoms with Crippen molar-refractivity contribution in [3.63, 3.8) is 0 Å². The van der Waals surface area contributed by atoms with Gasteiger partial charge in [-0.05, 0) is 47.8 Å². The van der Waals surface area contributed by atoms with Crippen LogP contribution in [0.4, 0.5) is 0 Å². The predicted octanol–water partition coefficient (Wildman–Crippen LogP) is 0.737. The van der Waals surface area contributed by atoms with Crippen molar-refractivity contribution in [3.05, 3.63) is 0 Å². The quantitative estimate of drug-likeness (QED) is 0.581. The monoisotopic (exact) mass is 148 g/mol. The zero-order chi connectivity index (χ0) is 6.96. The maximum Gasteiger partial charge on any atom is 0.0496 e. The molecule has 0 aromatic rings. The van der Waals surface area contributed by atoms with Crippen LogP contribution in [0, 0.1) is 46.8 Å². The molecule has 0 aromatic carbocycles. The molecule has 4 unspecified atom stereocenters. The minimum absolute atomic E-state index is 0.531. The largest absolute Gasteiger partial charge is 0.396 e. The van der Waals surface area contributed by atoms with Gasteiger partial charge in [-0.3, -0.25) is 0 Å². The SMILES string of the molecule is OCC12C3[C@@H]4C5CC([C@H]41)[C@H]2[C@@H]53. The average Bonchev–Trinajstić information content (AvgIpc) is 2.27. The molecule has 0 amide bonds. The molecule has 6 saturated carbocycles. The number of hydrogen-bond acceptors (Lipinski definition) is 1. The molecule has 6 fully saturated rings. The van der Waals surface area contributed by atoms with Crippen LogP contribution < -0.4 is 0 Å². The van der Waals surface area contributed by atoms with E-state index in [1.54, 1.807) is 6.42 Å². The number of rotatable bonds is 1. The highest BCUT2D eigenvalue weighted by Crippen LogP contribution is 2.99. The summed E-state index contributed by atoms with van der Waals surface area (Å²) in [5.41, 5.74) is 0.549. The zero-order valence-corrected chi connectivity index (χ0v) is 6.40. The van der Waals surface area contributed by atoms with E-state index in [0.29, 0.717) is 12.0 Å². The Kier molecular flexibility index (Phi) is 0.421. The van der Waals surface area contributed by atoms with E-state index in [1.165, 1.54) is 0 Å². The molecular weight excluding hydrogens is 136 g/mol. The van der Waals surface area contributed by atoms with Gasteiger partial charge in [0.25, 0.3) is 0 Å². The molecule has 1 N–H and O–H groups in total. The van der Waals surface area contributed by atoms with Crippen molar-refractivity contribution < 1.29 is 5.11 Å². The lowest BCUT2D eigenvalue weighted by Crippen LogP contribution is -2.89. The topological polar surface area (TPSA) is 20.2 Å². The van der Waals surface area contributed by atoms with E-state index < -0.39 is 0 Å². The Hall–Kier alpha value is -0.0400. The molecule has 2 bridgehead atoms. The Morgan fingerprint density at radius 3 is 2.36 bits per heavy atom. The van der Waals surface area contributed by atoms with Crippen LogP contribution in [0.25, 0.3) is 0 Å². The summed E-state index contributed by atoms with van der Waals surface area (Å²) in [6, 6.07) is 0. The van der Waals surface area contributed by atoms with Crippen LogP contribution in [0.5, 0.6) is 0 Å². The molecule has 58 valence electrons. The standard InChI is InChI=1S/C10H12O/c11-2-10-7-4-1-3-5(7)9(10)6(3)8(4)10/h3-9,11H,1-2H2/t3?,4?,5-,6-,7-,8+,9?,10?/m1/s1. The summed E-state index contributed by atoms with van der Waals surface area (Å²) in [6.07, 6.45) is 1.56. The van der Waals surface area contributed by atoms with Gasteiger partial charge in [-0.15, -0.1) is 0 Å². The van der Waals surface area contributed by atoms with Crippen LogP contribution in [0.2, 0.25) is 0 Å². The summed E-state index contributed by atoms with van der Waals surface area (Å²) >= 11 is 0. The fraction of sp³-hybridized carbons (Fsp3) is 1.00. The van der Waals surface area contributed by atoms with E-state index in [0.717, 1.165) is 41.4 Å². The van der Waals surface area contributed by atoms with Crippen molar-refractivity contribution in [3.8, 4) is 0 Å². The molecule has 11 heavy (non-hydrogen) atoms. The molecule has 0 aromatic heterocycles. The second kappa shape index (κ2) is 0.953. The average molecular weight is 148 g/mol. The highest BCUT2D eigenvalue weighted by Gasteiger charge is 2.97. The zero-order valence-electron chi connectivity index (χ0n) is 6.40. The van der Waals surface area contributed by atoms with Crippen molar-refractivity contribution in [2.45, 2.75) is 6.42 Å². The van der Waals surface area contributed by atoms with Crippen LogP contribution in [0.3, 0.4) is 0 Å². The fourth-order valence-corrected chi connectivity index (χ4v) is 6.45. The Balaban J connectivity index is 1.79. The van der Waals surface area contributed by atoms with E-state index in [4.69, 9.17) is 0 Å². The second-order valence-corrected chi connectivity index (χ2v) is 5.57. The summed E-state index contributed by atoms with van der Waals surface area (Å²) in [5.74, 6) is 7.60. The minimum Gasteiger partial charge on any atom is -0.396 e. The van der Waals surface area contributed by atoms with E-state index in [-0.39, 0.29) is 0 Å². The normalized spacial score (nSPS) is 89.7. The van der Waals surface area contributed by atoms with Crippen molar-refractivity contribution >= 4 is 0 Å². The van der Waals surface area contributed by atoms with Gasteiger partial charge in [0.1, 0.15) is 0 Å². The first-order valence-corrected chi connectivity index (χ1v) is 5.02. The Morgan fingerprint density at radius 1 is 1.09 bits per heavy atom. The third-order valence-corrected chi connectivity index (χ3v) is 6.25. The molecule has 0 saturated heterocycles. The van der Waals surface area contributed by atoms with E-state index in [1.807, 2.05) is 0 Å². The van der Waals surface area contributed by atoms with Crippen molar-refractivity contribution in [1.29, 1.82) is 0 Å². The number of hydrogen-bond donors (Lipinski definition) is 1. The molecular formula is C10H12O. The second-order valence-electron chi connectivity index (χ2n) is 5.57. The highest BCUT2D eigenvalue weighted by atomic mass is 16.3. The maximum atomic E-state index is 9.34. The Labute approximate surface area is 65.8 Å². The third kappa shape index (κ3) is 0.195. The van der Waals surface area contributed by atoms with Gasteiger partial charge in [0.05, 0.1) is 0 Å². The van der Waals surface area contributed by atoms with Crippen LogP contribution in [-0.2, 0) is 0 Å². The van der Waals surface area contributed by atoms with Crippen molar-refractivity contribution in [1.82, 2.24) is 0 Å². The van der Waals surface area contributed by atoms with Gasteiger partial charge in [-0.2, -0.15) is 0 Å². The third-order valence-electron chi connectivity index (χ3n) is 6.25. The van der Waals surface area contributed by atoms with Gasteiger partial charge in [0.2, 0.25) is 0 Å². The van der Waals surface area contributed by atoms with Gasteiger partial charge >= 0.3 is 0 Å². The smallest absolute Gasteiger partial charge is 0.0496 e. The molecule has 1 heteroatoms. The lowest BCUT2D eigenvalue weighted by molar-refractivity contribution is -0.455. The van der Waals surface area contributed by atoms with Gasteiger partial charge in [-0.1, -0.05) is 0 Å². The summed E-state index contributed by atoms with van der Waals surface area (Å²) in [5, 5.41) is 9.34. The Bertz CT molecular complexity index is 261. The van der Waals surface area contributed by atoms with E-state index in [2.05, 4.69) is 0 Å². The minimum atomic E-state index is 0.531. The van der Waals surface area contributed by atoms with E-state index >= 15 is 0 Å². The van der Waals surface area contributed by atoms with Crippen molar-refractivity contribution in [2.75, 3.05) is 6.61 Å². The molecule has 1 nitrogen and oxygen atoms in total. The first-order chi connectivity index (χ1) is 5.41. The van der Waals surface area contributed by atoms with Crippen LogP contribution in [0.1, 0.15) is 6.42 Å². The van der Waals surface area contributed by atoms with E-state index in [9.17, 15) is 5.11 Å². The molecule has 8 atom stereocenters. The molecule has 6 aliphatic carbocycles. The van der Waals surface area contributed by atoms with Crippen molar-refractivity contribution in [2.24, 2.45) is 46.8 Å². The summed E-state index contributed by atoms with van der Waals surface area (Å²) in [7, 11) is 0. The van der Waals surface area contributed by atoms with Gasteiger partial charge < -0.3 is 5.11 Å². The molecule has 0 radical (unpaired) electrons. The lowest BCUT2D eigenvalue weighted by Gasteiger charge is -2.91. The fourth-order valence-electron chi connectivity index (χ4n) is 6.45. The van der Waals surface area contributed by atoms with Gasteiger partial charge in [0, 0.05) is 12.0 Å². The lowest BCUT2D eigenvalue weighted by atomic mass is 9.13. The summed E-state index contributed by atoms with van der Waals surface area (Å²) < 4.78 is 0. The molecule has 6 rings (SSSR count). The summed E-state index contributed by atoms with van der Waals surface area (Å²) in [4.78, 5) is 0. The molecule has 0 aliphatic heterocycles. The van der Waals surface area contributed by atoms with Gasteiger partial charge in [-0.25, -0.2) is 0 Å². The molecule has 0 spiro atoms. The maximum absolute atomic E-state index is 9.34. The van der Waals surface area contributed by atoms with Crippen LogP contribution >= 0.6 is 0 Å². The first-order valence-electron chi connectivity index (χ1n) is 5.02. The molecule has 0 heterocycles. The number of aliphatic hydroxyl groups is 1. The molecule has 6 aliphatic rings. The van der Waals surface area contributed by atoms with Gasteiger partial charge in [0.15, 0.2) is 0 Å². The van der Waals surface area contributed by atoms with Crippen LogP contribution in [0.15, 0.2) is 0 Å². The highest BCUT2D eigenvalue weighted by molar-refractivity contribution is 5.43.